The molecule has 2 aromatic rings. The second-order valence-electron chi connectivity index (χ2n) is 2.58. The lowest BCUT2D eigenvalue weighted by Crippen LogP contribution is -2.24. The van der Waals surface area contributed by atoms with E-state index in [2.05, 4.69) is 15.5 Å². The Kier molecular flexibility index (Phi) is 2.57. The lowest BCUT2D eigenvalue weighted by Gasteiger charge is -1.92. The highest BCUT2D eigenvalue weighted by Gasteiger charge is 2.08. The lowest BCUT2D eigenvalue weighted by atomic mass is 10.5. The summed E-state index contributed by atoms with van der Waals surface area (Å²) in [6.07, 6.45) is 3.20. The smallest absolute Gasteiger partial charge is 0.332 e. The van der Waals surface area contributed by atoms with E-state index in [-0.39, 0.29) is 0 Å². The minimum absolute atomic E-state index is 0.330. The maximum Gasteiger partial charge on any atom is 0.332 e. The third-order valence-electron chi connectivity index (χ3n) is 1.62. The maximum absolute atomic E-state index is 10.4. The number of halogens is 1. The molecule has 0 aliphatic rings. The van der Waals surface area contributed by atoms with Crippen molar-refractivity contribution >= 4 is 40.1 Å². The summed E-state index contributed by atoms with van der Waals surface area (Å²) >= 11 is 7.32. The molecular weight excluding hydrogens is 238 g/mol. The zero-order chi connectivity index (χ0) is 10.8. The summed E-state index contributed by atoms with van der Waals surface area (Å²) in [5.41, 5.74) is 7.52. The molecule has 2 rings (SSSR count). The van der Waals surface area contributed by atoms with Gasteiger partial charge in [0.25, 0.3) is 0 Å². The van der Waals surface area contributed by atoms with Gasteiger partial charge in [-0.05, 0) is 0 Å². The van der Waals surface area contributed by atoms with E-state index in [1.807, 2.05) is 11.6 Å². The van der Waals surface area contributed by atoms with E-state index < -0.39 is 6.03 Å². The molecule has 0 aliphatic heterocycles. The molecule has 0 unspecified atom stereocenters. The number of thiazole rings is 1. The summed E-state index contributed by atoms with van der Waals surface area (Å²) in [5, 5.41) is 5.82. The second-order valence-corrected chi connectivity index (χ2v) is 3.81. The van der Waals surface area contributed by atoms with Crippen molar-refractivity contribution in [2.45, 2.75) is 0 Å². The number of aromatic nitrogens is 2. The van der Waals surface area contributed by atoms with E-state index in [9.17, 15) is 4.79 Å². The van der Waals surface area contributed by atoms with Crippen LogP contribution in [-0.2, 0) is 0 Å². The van der Waals surface area contributed by atoms with Crippen molar-refractivity contribution in [2.75, 3.05) is 0 Å². The number of fused-ring (bicyclic) bond motifs is 1. The number of nitrogens with two attached hydrogens (primary N) is 1. The number of urea groups is 1. The summed E-state index contributed by atoms with van der Waals surface area (Å²) in [7, 11) is 0. The number of hydrazone groups is 1. The van der Waals surface area contributed by atoms with E-state index in [1.165, 1.54) is 17.6 Å². The average Bonchev–Trinajstić information content (AvgIpc) is 2.68. The van der Waals surface area contributed by atoms with Crippen molar-refractivity contribution in [1.82, 2.24) is 14.8 Å². The number of nitrogens with zero attached hydrogens (tertiary/aromatic N) is 3. The van der Waals surface area contributed by atoms with Gasteiger partial charge in [0.1, 0.15) is 5.69 Å². The quantitative estimate of drug-likeness (QED) is 0.610. The molecule has 3 N–H and O–H groups in total. The van der Waals surface area contributed by atoms with Crippen LogP contribution in [0.15, 0.2) is 16.7 Å². The molecule has 0 saturated heterocycles. The van der Waals surface area contributed by atoms with Crippen molar-refractivity contribution in [3.05, 3.63) is 22.4 Å². The molecule has 78 valence electrons. The number of amides is 2. The maximum atomic E-state index is 10.4. The minimum atomic E-state index is -0.728. The molecule has 2 heterocycles. The van der Waals surface area contributed by atoms with Gasteiger partial charge in [-0.1, -0.05) is 11.6 Å². The summed E-state index contributed by atoms with van der Waals surface area (Å²) in [4.78, 5) is 15.2. The minimum Gasteiger partial charge on any atom is -0.350 e. The Bertz CT molecular complexity index is 530. The van der Waals surface area contributed by atoms with Gasteiger partial charge in [0.15, 0.2) is 10.1 Å². The summed E-state index contributed by atoms with van der Waals surface area (Å²) < 4.78 is 1.76. The van der Waals surface area contributed by atoms with Crippen LogP contribution in [0.3, 0.4) is 0 Å². The van der Waals surface area contributed by atoms with Crippen molar-refractivity contribution in [3.63, 3.8) is 0 Å². The monoisotopic (exact) mass is 243 g/mol. The molecule has 0 bridgehead atoms. The molecule has 0 spiro atoms. The number of hydrogen-bond acceptors (Lipinski definition) is 4. The van der Waals surface area contributed by atoms with Gasteiger partial charge >= 0.3 is 6.03 Å². The fourth-order valence-electron chi connectivity index (χ4n) is 1.05. The van der Waals surface area contributed by atoms with Crippen molar-refractivity contribution in [1.29, 1.82) is 0 Å². The van der Waals surface area contributed by atoms with Crippen LogP contribution < -0.4 is 11.2 Å². The third kappa shape index (κ3) is 1.92. The first-order valence-corrected chi connectivity index (χ1v) is 5.14. The molecular formula is C7H6ClN5OS. The summed E-state index contributed by atoms with van der Waals surface area (Å²) in [6.45, 7) is 0. The lowest BCUT2D eigenvalue weighted by molar-refractivity contribution is 0.249. The fraction of sp³-hybridized carbons (Fsp3) is 0. The number of primary amides is 1. The Hall–Kier alpha value is -1.60. The van der Waals surface area contributed by atoms with Crippen LogP contribution >= 0.6 is 22.9 Å². The van der Waals surface area contributed by atoms with E-state index >= 15 is 0 Å². The number of imidazole rings is 1. The van der Waals surface area contributed by atoms with Crippen LogP contribution in [0.25, 0.3) is 4.96 Å². The molecule has 2 aromatic heterocycles. The van der Waals surface area contributed by atoms with Crippen LogP contribution in [0.5, 0.6) is 0 Å². The summed E-state index contributed by atoms with van der Waals surface area (Å²) in [5.74, 6) is 0. The molecule has 0 aromatic carbocycles. The Balaban J connectivity index is 2.33. The predicted molar refractivity (Wildman–Crippen MR) is 58.4 cm³/mol. The first-order valence-electron chi connectivity index (χ1n) is 3.88. The van der Waals surface area contributed by atoms with Crippen LogP contribution in [0.4, 0.5) is 4.79 Å². The Labute approximate surface area is 93.4 Å². The van der Waals surface area contributed by atoms with Crippen LogP contribution in [0.1, 0.15) is 5.69 Å². The zero-order valence-electron chi connectivity index (χ0n) is 7.35. The largest absolute Gasteiger partial charge is 0.350 e. The van der Waals surface area contributed by atoms with Gasteiger partial charge in [-0.15, -0.1) is 11.3 Å². The first-order chi connectivity index (χ1) is 7.18. The first kappa shape index (κ1) is 9.94. The van der Waals surface area contributed by atoms with E-state index in [1.54, 1.807) is 4.40 Å². The fourth-order valence-corrected chi connectivity index (χ4v) is 2.04. The highest BCUT2D eigenvalue weighted by Crippen LogP contribution is 2.19. The van der Waals surface area contributed by atoms with Crippen LogP contribution in [-0.4, -0.2) is 21.6 Å². The third-order valence-corrected chi connectivity index (χ3v) is 2.65. The number of nitrogens with one attached hydrogen (secondary N) is 1. The van der Waals surface area contributed by atoms with Gasteiger partial charge in [0, 0.05) is 11.6 Å². The Morgan fingerprint density at radius 2 is 2.60 bits per heavy atom. The van der Waals surface area contributed by atoms with Crippen molar-refractivity contribution in [2.24, 2.45) is 10.8 Å². The molecule has 15 heavy (non-hydrogen) atoms. The Morgan fingerprint density at radius 1 is 1.80 bits per heavy atom. The highest BCUT2D eigenvalue weighted by atomic mass is 35.5. The van der Waals surface area contributed by atoms with Gasteiger partial charge in [0.05, 0.1) is 6.21 Å². The SMILES string of the molecule is NC(=O)N/N=C\c1c(Cl)nc2sccn12. The highest BCUT2D eigenvalue weighted by molar-refractivity contribution is 7.15. The summed E-state index contributed by atoms with van der Waals surface area (Å²) in [6, 6.07) is -0.728. The number of rotatable bonds is 2. The number of hydrogen-bond donors (Lipinski definition) is 2. The topological polar surface area (TPSA) is 84.8 Å². The zero-order valence-corrected chi connectivity index (χ0v) is 8.92. The van der Waals surface area contributed by atoms with Gasteiger partial charge in [0.2, 0.25) is 0 Å². The average molecular weight is 244 g/mol. The van der Waals surface area contributed by atoms with Gasteiger partial charge in [-0.3, -0.25) is 4.40 Å². The molecule has 0 atom stereocenters. The van der Waals surface area contributed by atoms with E-state index in [0.29, 0.717) is 10.8 Å². The number of carbonyl (C=O) groups excluding carboxylic acids is 1. The van der Waals surface area contributed by atoms with E-state index in [0.717, 1.165) is 4.96 Å². The number of carbonyl (C=O) groups is 1. The molecule has 8 heteroatoms. The Morgan fingerprint density at radius 3 is 3.33 bits per heavy atom. The van der Waals surface area contributed by atoms with E-state index in [4.69, 9.17) is 17.3 Å². The molecule has 0 saturated carbocycles. The molecule has 2 amide bonds. The normalized spacial score (nSPS) is 11.3. The van der Waals surface area contributed by atoms with Gasteiger partial charge in [-0.25, -0.2) is 15.2 Å². The predicted octanol–water partition coefficient (Wildman–Crippen LogP) is 1.05. The van der Waals surface area contributed by atoms with Crippen LogP contribution in [0.2, 0.25) is 5.15 Å². The van der Waals surface area contributed by atoms with Crippen LogP contribution in [0, 0.1) is 0 Å². The standard InChI is InChI=1S/C7H6ClN5OS/c8-5-4(3-10-12-6(9)14)13-1-2-15-7(13)11-5/h1-3H,(H3,9,12,14)/b10-3-. The molecule has 6 nitrogen and oxygen atoms in total. The van der Waals surface area contributed by atoms with Gasteiger partial charge < -0.3 is 5.73 Å². The van der Waals surface area contributed by atoms with Crippen molar-refractivity contribution in [3.8, 4) is 0 Å². The molecule has 0 aliphatic carbocycles. The molecule has 0 radical (unpaired) electrons. The van der Waals surface area contributed by atoms with Gasteiger partial charge in [-0.2, -0.15) is 5.10 Å². The molecule has 0 fully saturated rings. The second kappa shape index (κ2) is 3.87. The van der Waals surface area contributed by atoms with Crippen molar-refractivity contribution < 1.29 is 4.79 Å².